The van der Waals surface area contributed by atoms with Crippen LogP contribution in [-0.4, -0.2) is 19.5 Å². The standard InChI is InChI=1S/C19H28O2/c1-6-17(18-10-8-7-9-11-18)12-19(20-13-15(2)3)21-14-16(4)5/h7-11,17,19H,2,4,6,12-14H2,1,3,5H3. The molecule has 0 radical (unpaired) electrons. The highest BCUT2D eigenvalue weighted by Gasteiger charge is 2.18. The van der Waals surface area contributed by atoms with Crippen molar-refractivity contribution in [3.05, 3.63) is 60.2 Å². The third kappa shape index (κ3) is 7.26. The lowest BCUT2D eigenvalue weighted by Gasteiger charge is -2.24. The quantitative estimate of drug-likeness (QED) is 0.441. The predicted molar refractivity (Wildman–Crippen MR) is 89.4 cm³/mol. The van der Waals surface area contributed by atoms with Gasteiger partial charge in [0.15, 0.2) is 6.29 Å². The Balaban J connectivity index is 2.67. The first kappa shape index (κ1) is 17.7. The van der Waals surface area contributed by atoms with Gasteiger partial charge in [-0.25, -0.2) is 0 Å². The molecule has 0 bridgehead atoms. The van der Waals surface area contributed by atoms with E-state index in [-0.39, 0.29) is 6.29 Å². The monoisotopic (exact) mass is 288 g/mol. The van der Waals surface area contributed by atoms with Crippen LogP contribution in [0.25, 0.3) is 0 Å². The van der Waals surface area contributed by atoms with Gasteiger partial charge in [-0.3, -0.25) is 0 Å². The van der Waals surface area contributed by atoms with Crippen molar-refractivity contribution in [2.75, 3.05) is 13.2 Å². The van der Waals surface area contributed by atoms with Crippen LogP contribution in [-0.2, 0) is 9.47 Å². The van der Waals surface area contributed by atoms with Crippen LogP contribution in [0.4, 0.5) is 0 Å². The van der Waals surface area contributed by atoms with Gasteiger partial charge < -0.3 is 9.47 Å². The molecule has 0 spiro atoms. The minimum absolute atomic E-state index is 0.219. The molecular formula is C19H28O2. The molecule has 2 nitrogen and oxygen atoms in total. The lowest BCUT2D eigenvalue weighted by molar-refractivity contribution is -0.136. The average molecular weight is 288 g/mol. The minimum Gasteiger partial charge on any atom is -0.348 e. The second-order valence-electron chi connectivity index (χ2n) is 5.72. The Morgan fingerprint density at radius 3 is 1.95 bits per heavy atom. The molecule has 0 aliphatic carbocycles. The molecule has 1 unspecified atom stereocenters. The average Bonchev–Trinajstić information content (AvgIpc) is 2.47. The van der Waals surface area contributed by atoms with Crippen molar-refractivity contribution in [2.45, 2.75) is 45.8 Å². The Kier molecular flexibility index (Phi) is 8.03. The van der Waals surface area contributed by atoms with Gasteiger partial charge in [-0.1, -0.05) is 61.6 Å². The van der Waals surface area contributed by atoms with Crippen LogP contribution in [0.5, 0.6) is 0 Å². The fourth-order valence-electron chi connectivity index (χ4n) is 2.15. The Hall–Kier alpha value is -1.38. The van der Waals surface area contributed by atoms with Crippen molar-refractivity contribution in [1.29, 1.82) is 0 Å². The van der Waals surface area contributed by atoms with Crippen LogP contribution in [0, 0.1) is 0 Å². The van der Waals surface area contributed by atoms with E-state index in [2.05, 4.69) is 44.3 Å². The van der Waals surface area contributed by atoms with Gasteiger partial charge in [0.25, 0.3) is 0 Å². The molecule has 1 rings (SSSR count). The molecule has 0 amide bonds. The van der Waals surface area contributed by atoms with E-state index >= 15 is 0 Å². The fraction of sp³-hybridized carbons (Fsp3) is 0.474. The first-order chi connectivity index (χ1) is 10.0. The van der Waals surface area contributed by atoms with Gasteiger partial charge in [0.1, 0.15) is 0 Å². The second-order valence-corrected chi connectivity index (χ2v) is 5.72. The fourth-order valence-corrected chi connectivity index (χ4v) is 2.15. The zero-order chi connectivity index (χ0) is 15.7. The maximum absolute atomic E-state index is 5.84. The van der Waals surface area contributed by atoms with Crippen LogP contribution >= 0.6 is 0 Å². The maximum Gasteiger partial charge on any atom is 0.159 e. The van der Waals surface area contributed by atoms with Gasteiger partial charge in [-0.05, 0) is 31.7 Å². The summed E-state index contributed by atoms with van der Waals surface area (Å²) in [5.74, 6) is 0.437. The van der Waals surface area contributed by atoms with E-state index in [0.717, 1.165) is 24.0 Å². The highest BCUT2D eigenvalue weighted by molar-refractivity contribution is 5.19. The predicted octanol–water partition coefficient (Wildman–Crippen LogP) is 5.08. The van der Waals surface area contributed by atoms with Crippen molar-refractivity contribution in [2.24, 2.45) is 0 Å². The zero-order valence-electron chi connectivity index (χ0n) is 13.6. The molecule has 0 heterocycles. The Morgan fingerprint density at radius 1 is 1.00 bits per heavy atom. The summed E-state index contributed by atoms with van der Waals surface area (Å²) in [6.45, 7) is 15.0. The third-order valence-electron chi connectivity index (χ3n) is 3.27. The van der Waals surface area contributed by atoms with Crippen molar-refractivity contribution in [3.63, 3.8) is 0 Å². The highest BCUT2D eigenvalue weighted by atomic mass is 16.7. The molecule has 1 aromatic rings. The largest absolute Gasteiger partial charge is 0.348 e. The van der Waals surface area contributed by atoms with Crippen LogP contribution in [0.3, 0.4) is 0 Å². The Labute approximate surface area is 129 Å². The molecule has 0 saturated carbocycles. The van der Waals surface area contributed by atoms with Crippen molar-refractivity contribution < 1.29 is 9.47 Å². The first-order valence-corrected chi connectivity index (χ1v) is 7.59. The van der Waals surface area contributed by atoms with Crippen molar-refractivity contribution >= 4 is 0 Å². The smallest absolute Gasteiger partial charge is 0.159 e. The number of rotatable bonds is 10. The molecule has 0 aliphatic heterocycles. The van der Waals surface area contributed by atoms with E-state index < -0.39 is 0 Å². The zero-order valence-corrected chi connectivity index (χ0v) is 13.6. The summed E-state index contributed by atoms with van der Waals surface area (Å²) in [6, 6.07) is 10.5. The van der Waals surface area contributed by atoms with Gasteiger partial charge in [-0.15, -0.1) is 0 Å². The molecule has 116 valence electrons. The normalized spacial score (nSPS) is 12.4. The maximum atomic E-state index is 5.84. The van der Waals surface area contributed by atoms with Crippen molar-refractivity contribution in [1.82, 2.24) is 0 Å². The summed E-state index contributed by atoms with van der Waals surface area (Å²) in [6.07, 6.45) is 1.69. The van der Waals surface area contributed by atoms with E-state index in [9.17, 15) is 0 Å². The van der Waals surface area contributed by atoms with Gasteiger partial charge in [0.2, 0.25) is 0 Å². The molecule has 0 N–H and O–H groups in total. The van der Waals surface area contributed by atoms with Crippen LogP contribution < -0.4 is 0 Å². The summed E-state index contributed by atoms with van der Waals surface area (Å²) in [5, 5.41) is 0. The lowest BCUT2D eigenvalue weighted by Crippen LogP contribution is -2.22. The third-order valence-corrected chi connectivity index (χ3v) is 3.27. The van der Waals surface area contributed by atoms with Gasteiger partial charge in [-0.2, -0.15) is 0 Å². The van der Waals surface area contributed by atoms with Crippen molar-refractivity contribution in [3.8, 4) is 0 Å². The topological polar surface area (TPSA) is 18.5 Å². The van der Waals surface area contributed by atoms with E-state index in [1.165, 1.54) is 5.56 Å². The molecule has 2 heteroatoms. The van der Waals surface area contributed by atoms with Crippen LogP contribution in [0.1, 0.15) is 45.1 Å². The number of hydrogen-bond acceptors (Lipinski definition) is 2. The number of ether oxygens (including phenoxy) is 2. The number of hydrogen-bond donors (Lipinski definition) is 0. The lowest BCUT2D eigenvalue weighted by atomic mass is 9.93. The molecule has 0 fully saturated rings. The summed E-state index contributed by atoms with van der Waals surface area (Å²) in [4.78, 5) is 0. The summed E-state index contributed by atoms with van der Waals surface area (Å²) in [5.41, 5.74) is 3.35. The van der Waals surface area contributed by atoms with E-state index in [1.807, 2.05) is 19.9 Å². The van der Waals surface area contributed by atoms with E-state index in [1.54, 1.807) is 0 Å². The van der Waals surface area contributed by atoms with Crippen LogP contribution in [0.2, 0.25) is 0 Å². The summed E-state index contributed by atoms with van der Waals surface area (Å²) >= 11 is 0. The van der Waals surface area contributed by atoms with E-state index in [4.69, 9.17) is 9.47 Å². The summed E-state index contributed by atoms with van der Waals surface area (Å²) in [7, 11) is 0. The number of benzene rings is 1. The molecule has 0 saturated heterocycles. The molecule has 0 aliphatic rings. The first-order valence-electron chi connectivity index (χ1n) is 7.59. The minimum atomic E-state index is -0.219. The molecule has 0 aromatic heterocycles. The van der Waals surface area contributed by atoms with Gasteiger partial charge in [0, 0.05) is 6.42 Å². The highest BCUT2D eigenvalue weighted by Crippen LogP contribution is 2.26. The van der Waals surface area contributed by atoms with E-state index in [0.29, 0.717) is 19.1 Å². The Bertz CT molecular complexity index is 418. The van der Waals surface area contributed by atoms with Crippen LogP contribution in [0.15, 0.2) is 54.6 Å². The molecule has 1 atom stereocenters. The van der Waals surface area contributed by atoms with Gasteiger partial charge >= 0.3 is 0 Å². The summed E-state index contributed by atoms with van der Waals surface area (Å²) < 4.78 is 11.7. The Morgan fingerprint density at radius 2 is 1.52 bits per heavy atom. The van der Waals surface area contributed by atoms with Gasteiger partial charge in [0.05, 0.1) is 13.2 Å². The molecular weight excluding hydrogens is 260 g/mol. The molecule has 1 aromatic carbocycles. The second kappa shape index (κ2) is 9.54. The molecule has 21 heavy (non-hydrogen) atoms. The SMILES string of the molecule is C=C(C)COC(CC(CC)c1ccccc1)OCC(=C)C.